The Morgan fingerprint density at radius 1 is 0.917 bits per heavy atom. The van der Waals surface area contributed by atoms with Gasteiger partial charge in [0.1, 0.15) is 5.69 Å². The van der Waals surface area contributed by atoms with Crippen molar-refractivity contribution in [3.63, 3.8) is 0 Å². The Kier molecular flexibility index (Phi) is 6.73. The number of allylic oxidation sites excluding steroid dienone is 8. The maximum absolute atomic E-state index is 11.1. The normalized spacial score (nSPS) is 13.9. The van der Waals surface area contributed by atoms with Gasteiger partial charge in [0.2, 0.25) is 0 Å². The Labute approximate surface area is 152 Å². The third-order valence-corrected chi connectivity index (χ3v) is 3.38. The molecule has 4 heteroatoms. The van der Waals surface area contributed by atoms with Gasteiger partial charge >= 0.3 is 0 Å². The average Bonchev–Trinajstić information content (AvgIpc) is 3.38. The summed E-state index contributed by atoms with van der Waals surface area (Å²) < 4.78 is 1.73. The van der Waals surface area contributed by atoms with Crippen LogP contribution in [-0.4, -0.2) is 16.1 Å². The minimum Gasteiger partial charge on any atom is -0.298 e. The van der Waals surface area contributed by atoms with Gasteiger partial charge in [-0.1, -0.05) is 60.7 Å². The summed E-state index contributed by atoms with van der Waals surface area (Å²) in [5.41, 5.74) is 3.23. The second-order valence-electron chi connectivity index (χ2n) is 4.97. The van der Waals surface area contributed by atoms with E-state index in [2.05, 4.69) is 5.10 Å². The van der Waals surface area contributed by atoms with Crippen molar-refractivity contribution in [3.05, 3.63) is 103 Å². The standard InChI is InChI=1S/C15H11N2O.C5H5.Fe/c18-11-13-10-17(14-8-2-1-3-9-14)16-15(13)12-6-4-5-7-12;1-2-4-5-3-1;/h1-11H;1-5H;. The summed E-state index contributed by atoms with van der Waals surface area (Å²) in [6.45, 7) is 0. The van der Waals surface area contributed by atoms with Crippen molar-refractivity contribution < 1.29 is 21.9 Å². The van der Waals surface area contributed by atoms with Gasteiger partial charge < -0.3 is 0 Å². The third-order valence-electron chi connectivity index (χ3n) is 3.38. The van der Waals surface area contributed by atoms with Crippen LogP contribution in [0.2, 0.25) is 0 Å². The van der Waals surface area contributed by atoms with Gasteiger partial charge in [-0.3, -0.25) is 4.79 Å². The van der Waals surface area contributed by atoms with Gasteiger partial charge in [-0.25, -0.2) is 4.68 Å². The number of hydrogen-bond donors (Lipinski definition) is 0. The van der Waals surface area contributed by atoms with E-state index in [1.807, 2.05) is 85.7 Å². The number of carbonyl (C=O) groups is 1. The predicted octanol–water partition coefficient (Wildman–Crippen LogP) is 4.16. The van der Waals surface area contributed by atoms with Crippen molar-refractivity contribution in [2.24, 2.45) is 0 Å². The molecule has 1 aromatic heterocycles. The molecule has 0 bridgehead atoms. The van der Waals surface area contributed by atoms with Crippen molar-refractivity contribution in [1.82, 2.24) is 9.78 Å². The quantitative estimate of drug-likeness (QED) is 0.612. The van der Waals surface area contributed by atoms with E-state index in [0.717, 1.165) is 23.2 Å². The van der Waals surface area contributed by atoms with Crippen LogP contribution < -0.4 is 0 Å². The van der Waals surface area contributed by atoms with E-state index in [1.165, 1.54) is 0 Å². The number of rotatable bonds is 3. The molecular formula is C20H16FeN2O. The zero-order chi connectivity index (χ0) is 15.9. The van der Waals surface area contributed by atoms with Crippen LogP contribution in [0.5, 0.6) is 0 Å². The second-order valence-corrected chi connectivity index (χ2v) is 4.97. The van der Waals surface area contributed by atoms with Crippen LogP contribution >= 0.6 is 0 Å². The molecule has 0 spiro atoms. The van der Waals surface area contributed by atoms with Crippen molar-refractivity contribution in [2.45, 2.75) is 0 Å². The molecule has 24 heavy (non-hydrogen) atoms. The van der Waals surface area contributed by atoms with Crippen molar-refractivity contribution in [2.75, 3.05) is 0 Å². The molecule has 0 fully saturated rings. The molecule has 0 atom stereocenters. The number of nitrogens with zero attached hydrogens (tertiary/aromatic N) is 2. The Balaban J connectivity index is 0.000000300. The summed E-state index contributed by atoms with van der Waals surface area (Å²) in [5, 5.41) is 4.48. The Hall–Kier alpha value is -2.42. The summed E-state index contributed by atoms with van der Waals surface area (Å²) in [4.78, 5) is 11.1. The van der Waals surface area contributed by atoms with Crippen LogP contribution in [0.4, 0.5) is 0 Å². The molecule has 0 aliphatic heterocycles. The molecule has 2 aliphatic rings. The molecule has 2 radical (unpaired) electrons. The monoisotopic (exact) mass is 356 g/mol. The van der Waals surface area contributed by atoms with Crippen LogP contribution in [0.15, 0.2) is 79.1 Å². The molecular weight excluding hydrogens is 340 g/mol. The number of benzene rings is 1. The molecule has 1 heterocycles. The van der Waals surface area contributed by atoms with E-state index in [0.29, 0.717) is 5.56 Å². The zero-order valence-electron chi connectivity index (χ0n) is 12.9. The molecule has 120 valence electrons. The number of hydrogen-bond acceptors (Lipinski definition) is 2. The largest absolute Gasteiger partial charge is 0.298 e. The molecule has 3 nitrogen and oxygen atoms in total. The van der Waals surface area contributed by atoms with E-state index < -0.39 is 0 Å². The second kappa shape index (κ2) is 9.02. The fraction of sp³-hybridized carbons (Fsp3) is 0. The zero-order valence-corrected chi connectivity index (χ0v) is 14.0. The Morgan fingerprint density at radius 3 is 2.21 bits per heavy atom. The van der Waals surface area contributed by atoms with Gasteiger partial charge in [-0.05, 0) is 17.7 Å². The molecule has 2 aliphatic carbocycles. The van der Waals surface area contributed by atoms with Gasteiger partial charge in [0.15, 0.2) is 6.29 Å². The molecule has 2 aromatic rings. The first-order valence-electron chi connectivity index (χ1n) is 7.37. The van der Waals surface area contributed by atoms with Crippen LogP contribution in [0.25, 0.3) is 11.3 Å². The fourth-order valence-corrected chi connectivity index (χ4v) is 2.26. The van der Waals surface area contributed by atoms with Gasteiger partial charge in [0.25, 0.3) is 0 Å². The molecule has 1 aromatic carbocycles. The third kappa shape index (κ3) is 4.31. The van der Waals surface area contributed by atoms with Crippen molar-refractivity contribution >= 4 is 11.9 Å². The first-order chi connectivity index (χ1) is 11.4. The van der Waals surface area contributed by atoms with Crippen molar-refractivity contribution in [3.8, 4) is 5.69 Å². The molecule has 0 saturated heterocycles. The maximum Gasteiger partial charge on any atom is 0.153 e. The number of para-hydroxylation sites is 1. The molecule has 4 rings (SSSR count). The number of aromatic nitrogens is 2. The molecule has 0 unspecified atom stereocenters. The fourth-order valence-electron chi connectivity index (χ4n) is 2.26. The van der Waals surface area contributed by atoms with Crippen LogP contribution in [0.1, 0.15) is 16.1 Å². The molecule has 0 amide bonds. The number of aldehydes is 1. The van der Waals surface area contributed by atoms with E-state index in [1.54, 1.807) is 10.9 Å². The van der Waals surface area contributed by atoms with E-state index in [4.69, 9.17) is 0 Å². The summed E-state index contributed by atoms with van der Waals surface area (Å²) in [6.07, 6.45) is 20.4. The van der Waals surface area contributed by atoms with E-state index >= 15 is 0 Å². The average molecular weight is 356 g/mol. The summed E-state index contributed by atoms with van der Waals surface area (Å²) >= 11 is 0. The maximum atomic E-state index is 11.1. The summed E-state index contributed by atoms with van der Waals surface area (Å²) in [5.74, 6) is 0. The van der Waals surface area contributed by atoms with E-state index in [9.17, 15) is 4.79 Å². The van der Waals surface area contributed by atoms with Gasteiger partial charge in [0.05, 0.1) is 11.3 Å². The SMILES string of the molecule is O=Cc1cn(-c2ccccc2)nc1C1=C[CH]C=C1.[CH]1C=CC=C1.[Fe]. The topological polar surface area (TPSA) is 34.9 Å². The minimum absolute atomic E-state index is 0. The number of carbonyl (C=O) groups excluding carboxylic acids is 1. The van der Waals surface area contributed by atoms with Crippen LogP contribution in [-0.2, 0) is 17.1 Å². The first-order valence-corrected chi connectivity index (χ1v) is 7.37. The van der Waals surface area contributed by atoms with Gasteiger partial charge in [-0.15, -0.1) is 0 Å². The summed E-state index contributed by atoms with van der Waals surface area (Å²) in [7, 11) is 0. The van der Waals surface area contributed by atoms with Crippen LogP contribution in [0, 0.1) is 12.8 Å². The van der Waals surface area contributed by atoms with Crippen LogP contribution in [0.3, 0.4) is 0 Å². The van der Waals surface area contributed by atoms with Gasteiger partial charge in [0, 0.05) is 36.1 Å². The predicted molar refractivity (Wildman–Crippen MR) is 92.9 cm³/mol. The Bertz CT molecular complexity index is 788. The van der Waals surface area contributed by atoms with E-state index in [-0.39, 0.29) is 17.1 Å². The summed E-state index contributed by atoms with van der Waals surface area (Å²) in [6, 6.07) is 9.75. The minimum atomic E-state index is 0. The molecule has 0 N–H and O–H groups in total. The van der Waals surface area contributed by atoms with Crippen molar-refractivity contribution in [1.29, 1.82) is 0 Å². The van der Waals surface area contributed by atoms with Gasteiger partial charge in [-0.2, -0.15) is 5.10 Å². The Morgan fingerprint density at radius 2 is 1.67 bits per heavy atom. The first kappa shape index (κ1) is 17.9. The smallest absolute Gasteiger partial charge is 0.153 e. The molecule has 0 saturated carbocycles.